The summed E-state index contributed by atoms with van der Waals surface area (Å²) in [5.74, 6) is 0.502. The molecule has 1 saturated heterocycles. The molecule has 1 aromatic carbocycles. The van der Waals surface area contributed by atoms with Crippen molar-refractivity contribution in [1.29, 1.82) is 0 Å². The molecule has 2 heterocycles. The summed E-state index contributed by atoms with van der Waals surface area (Å²) in [6.45, 7) is 5.65. The maximum atomic E-state index is 13.1. The molecule has 0 bridgehead atoms. The maximum Gasteiger partial charge on any atom is 0.254 e. The number of hydrogen-bond donors (Lipinski definition) is 0. The molecule has 3 rings (SSSR count). The second-order valence-electron chi connectivity index (χ2n) is 6.91. The zero-order valence-corrected chi connectivity index (χ0v) is 16.0. The lowest BCUT2D eigenvalue weighted by molar-refractivity contribution is -0.171. The average molecular weight is 372 g/mol. The third kappa shape index (κ3) is 4.00. The molecule has 1 aliphatic heterocycles. The minimum absolute atomic E-state index is 0.0641. The summed E-state index contributed by atoms with van der Waals surface area (Å²) in [6, 6.07) is 8.93. The van der Waals surface area contributed by atoms with Gasteiger partial charge in [-0.1, -0.05) is 35.5 Å². The third-order valence-electron chi connectivity index (χ3n) is 4.52. The van der Waals surface area contributed by atoms with Gasteiger partial charge in [-0.3, -0.25) is 9.59 Å². The molecule has 8 nitrogen and oxygen atoms in total. The Balaban J connectivity index is 1.88. The van der Waals surface area contributed by atoms with E-state index >= 15 is 0 Å². The summed E-state index contributed by atoms with van der Waals surface area (Å²) in [6.07, 6.45) is -0.804. The lowest BCUT2D eigenvalue weighted by Gasteiger charge is -2.43. The van der Waals surface area contributed by atoms with Crippen LogP contribution in [0.5, 0.6) is 0 Å². The fraction of sp³-hybridized carbons (Fsp3) is 0.474. The van der Waals surface area contributed by atoms with Crippen LogP contribution in [-0.2, 0) is 20.9 Å². The van der Waals surface area contributed by atoms with Crippen molar-refractivity contribution in [2.45, 2.75) is 45.5 Å². The van der Waals surface area contributed by atoms with E-state index in [-0.39, 0.29) is 31.0 Å². The van der Waals surface area contributed by atoms with Crippen LogP contribution in [0.4, 0.5) is 0 Å². The second kappa shape index (κ2) is 7.87. The number of hydrogen-bond acceptors (Lipinski definition) is 6. The average Bonchev–Trinajstić information content (AvgIpc) is 3.05. The summed E-state index contributed by atoms with van der Waals surface area (Å²) in [5, 5.41) is 3.74. The van der Waals surface area contributed by atoms with Gasteiger partial charge < -0.3 is 19.1 Å². The van der Waals surface area contributed by atoms with Crippen LogP contribution in [0.15, 0.2) is 34.9 Å². The maximum absolute atomic E-state index is 13.1. The Kier molecular flexibility index (Phi) is 5.55. The first kappa shape index (κ1) is 19.0. The van der Waals surface area contributed by atoms with E-state index in [1.54, 1.807) is 18.9 Å². The Morgan fingerprint density at radius 3 is 2.63 bits per heavy atom. The number of likely N-dealkylation sites (N-methyl/N-ethyl adjacent to an activating group) is 1. The van der Waals surface area contributed by atoms with Crippen molar-refractivity contribution in [1.82, 2.24) is 19.9 Å². The molecule has 0 spiro atoms. The quantitative estimate of drug-likeness (QED) is 0.794. The molecule has 0 N–H and O–H groups in total. The molecule has 144 valence electrons. The fourth-order valence-corrected chi connectivity index (χ4v) is 3.33. The third-order valence-corrected chi connectivity index (χ3v) is 4.52. The Morgan fingerprint density at radius 2 is 2.04 bits per heavy atom. The van der Waals surface area contributed by atoms with Crippen molar-refractivity contribution in [3.63, 3.8) is 0 Å². The molecule has 27 heavy (non-hydrogen) atoms. The van der Waals surface area contributed by atoms with Crippen molar-refractivity contribution >= 4 is 11.8 Å². The summed E-state index contributed by atoms with van der Waals surface area (Å²) in [5.41, 5.74) is 0.861. The van der Waals surface area contributed by atoms with Gasteiger partial charge in [-0.15, -0.1) is 0 Å². The molecule has 2 amide bonds. The predicted octanol–water partition coefficient (Wildman–Crippen LogP) is 1.71. The number of benzene rings is 1. The van der Waals surface area contributed by atoms with Crippen LogP contribution >= 0.6 is 0 Å². The molecular weight excluding hydrogens is 348 g/mol. The molecule has 0 saturated carbocycles. The van der Waals surface area contributed by atoms with Gasteiger partial charge in [0.2, 0.25) is 11.8 Å². The number of aryl methyl sites for hydroxylation is 1. The molecule has 1 aliphatic rings. The summed E-state index contributed by atoms with van der Waals surface area (Å²) in [7, 11) is 1.66. The van der Waals surface area contributed by atoms with E-state index in [1.165, 1.54) is 4.90 Å². The van der Waals surface area contributed by atoms with Gasteiger partial charge in [0.05, 0.1) is 12.6 Å². The van der Waals surface area contributed by atoms with E-state index in [2.05, 4.69) is 10.1 Å². The van der Waals surface area contributed by atoms with Gasteiger partial charge in [-0.2, -0.15) is 4.98 Å². The number of amides is 2. The van der Waals surface area contributed by atoms with E-state index in [0.29, 0.717) is 11.7 Å². The topological polar surface area (TPSA) is 88.8 Å². The van der Waals surface area contributed by atoms with Crippen molar-refractivity contribution in [2.75, 3.05) is 13.7 Å². The normalized spacial score (nSPS) is 20.2. The Hall–Kier alpha value is -2.74. The van der Waals surface area contributed by atoms with Crippen LogP contribution in [0, 0.1) is 6.92 Å². The highest BCUT2D eigenvalue weighted by molar-refractivity contribution is 5.86. The van der Waals surface area contributed by atoms with Gasteiger partial charge in [0.25, 0.3) is 5.91 Å². The number of rotatable bonds is 5. The zero-order chi connectivity index (χ0) is 19.6. The van der Waals surface area contributed by atoms with E-state index in [0.717, 1.165) is 5.56 Å². The first-order valence-electron chi connectivity index (χ1n) is 8.90. The monoisotopic (exact) mass is 372 g/mol. The zero-order valence-electron chi connectivity index (χ0n) is 16.0. The smallest absolute Gasteiger partial charge is 0.254 e. The van der Waals surface area contributed by atoms with Crippen LogP contribution in [-0.4, -0.2) is 57.6 Å². The van der Waals surface area contributed by atoms with Crippen LogP contribution in [0.25, 0.3) is 0 Å². The van der Waals surface area contributed by atoms with Gasteiger partial charge >= 0.3 is 0 Å². The lowest BCUT2D eigenvalue weighted by Crippen LogP contribution is -2.56. The number of ether oxygens (including phenoxy) is 1. The molecule has 1 fully saturated rings. The van der Waals surface area contributed by atoms with Crippen molar-refractivity contribution in [3.8, 4) is 0 Å². The Labute approximate surface area is 158 Å². The minimum Gasteiger partial charge on any atom is -0.356 e. The largest absolute Gasteiger partial charge is 0.356 e. The standard InChI is InChI=1S/C19H24N4O4/c1-12(2)23-16(24)11-26-18(17(23)14-8-6-5-7-9-14)19(25)22(4)10-15-20-13(3)21-27-15/h5-9,12,17-18H,10-11H2,1-4H3/t17-,18+/m1/s1. The lowest BCUT2D eigenvalue weighted by atomic mass is 9.95. The van der Waals surface area contributed by atoms with E-state index in [1.807, 2.05) is 44.2 Å². The van der Waals surface area contributed by atoms with Crippen molar-refractivity contribution in [3.05, 3.63) is 47.6 Å². The molecular formula is C19H24N4O4. The first-order chi connectivity index (χ1) is 12.9. The Morgan fingerprint density at radius 1 is 1.33 bits per heavy atom. The van der Waals surface area contributed by atoms with E-state index in [4.69, 9.17) is 9.26 Å². The summed E-state index contributed by atoms with van der Waals surface area (Å²) in [4.78, 5) is 33.0. The number of carbonyl (C=O) groups excluding carboxylic acids is 2. The van der Waals surface area contributed by atoms with Gasteiger partial charge in [0.15, 0.2) is 11.9 Å². The van der Waals surface area contributed by atoms with Crippen LogP contribution in [0.3, 0.4) is 0 Å². The van der Waals surface area contributed by atoms with Crippen molar-refractivity contribution < 1.29 is 18.8 Å². The van der Waals surface area contributed by atoms with Crippen molar-refractivity contribution in [2.24, 2.45) is 0 Å². The predicted molar refractivity (Wildman–Crippen MR) is 96.4 cm³/mol. The van der Waals surface area contributed by atoms with Crippen LogP contribution < -0.4 is 0 Å². The van der Waals surface area contributed by atoms with Gasteiger partial charge in [0, 0.05) is 13.1 Å². The van der Waals surface area contributed by atoms with Crippen LogP contribution in [0.1, 0.15) is 37.2 Å². The fourth-order valence-electron chi connectivity index (χ4n) is 3.33. The first-order valence-corrected chi connectivity index (χ1v) is 8.90. The number of aromatic nitrogens is 2. The SMILES string of the molecule is Cc1noc(CN(C)C(=O)[C@H]2OCC(=O)N(C(C)C)[C@@H]2c2ccccc2)n1. The highest BCUT2D eigenvalue weighted by Gasteiger charge is 2.43. The second-order valence-corrected chi connectivity index (χ2v) is 6.91. The van der Waals surface area contributed by atoms with E-state index in [9.17, 15) is 9.59 Å². The molecule has 0 aliphatic carbocycles. The number of carbonyl (C=O) groups is 2. The molecule has 2 aromatic rings. The highest BCUT2D eigenvalue weighted by atomic mass is 16.5. The van der Waals surface area contributed by atoms with Gasteiger partial charge in [-0.05, 0) is 26.3 Å². The van der Waals surface area contributed by atoms with E-state index < -0.39 is 12.1 Å². The molecule has 0 unspecified atom stereocenters. The minimum atomic E-state index is -0.804. The summed E-state index contributed by atoms with van der Waals surface area (Å²) >= 11 is 0. The number of morpholine rings is 1. The van der Waals surface area contributed by atoms with Gasteiger partial charge in [-0.25, -0.2) is 0 Å². The molecule has 2 atom stereocenters. The van der Waals surface area contributed by atoms with Gasteiger partial charge in [0.1, 0.15) is 6.61 Å². The van der Waals surface area contributed by atoms with Crippen LogP contribution in [0.2, 0.25) is 0 Å². The Bertz CT molecular complexity index is 805. The number of nitrogens with zero attached hydrogens (tertiary/aromatic N) is 4. The molecule has 1 aromatic heterocycles. The summed E-state index contributed by atoms with van der Waals surface area (Å²) < 4.78 is 10.8. The molecule has 0 radical (unpaired) electrons. The highest BCUT2D eigenvalue weighted by Crippen LogP contribution is 2.33. The molecule has 8 heteroatoms.